The molecule has 2 aromatic rings. The first kappa shape index (κ1) is 22.7. The average Bonchev–Trinajstić information content (AvgIpc) is 3.28. The van der Waals surface area contributed by atoms with Crippen LogP contribution in [0.25, 0.3) is 0 Å². The summed E-state index contributed by atoms with van der Waals surface area (Å²) in [5.74, 6) is 0.311. The number of hydrogen-bond acceptors (Lipinski definition) is 7. The van der Waals surface area contributed by atoms with E-state index in [4.69, 9.17) is 0 Å². The van der Waals surface area contributed by atoms with Crippen molar-refractivity contribution in [2.24, 2.45) is 0 Å². The number of aromatic nitrogens is 2. The van der Waals surface area contributed by atoms with Gasteiger partial charge in [-0.3, -0.25) is 14.9 Å². The van der Waals surface area contributed by atoms with E-state index in [2.05, 4.69) is 15.5 Å². The van der Waals surface area contributed by atoms with Gasteiger partial charge in [0.25, 0.3) is 5.69 Å². The summed E-state index contributed by atoms with van der Waals surface area (Å²) in [6, 6.07) is 8.21. The summed E-state index contributed by atoms with van der Waals surface area (Å²) in [6.45, 7) is 1.68. The van der Waals surface area contributed by atoms with E-state index in [0.29, 0.717) is 50.5 Å². The molecule has 0 spiro atoms. The number of nitrogens with one attached hydrogen (secondary N) is 1. The Morgan fingerprint density at radius 3 is 2.15 bits per heavy atom. The standard InChI is InChI=1S/C21H23F3N6O3/c22-21(23,24)17-7-8-18(27-26-17)28-11-13-29(14-12-28)19(31)20(9-1-2-10-20)25-15-3-5-16(6-4-15)30(32)33/h3-8,25H,1-2,9-14H2. The second-order valence-electron chi connectivity index (χ2n) is 8.27. The van der Waals surface area contributed by atoms with E-state index in [9.17, 15) is 28.1 Å². The number of carbonyl (C=O) groups excluding carboxylic acids is 1. The summed E-state index contributed by atoms with van der Waals surface area (Å²) >= 11 is 0. The zero-order valence-electron chi connectivity index (χ0n) is 17.7. The lowest BCUT2D eigenvalue weighted by Crippen LogP contribution is -2.57. The van der Waals surface area contributed by atoms with E-state index in [1.54, 1.807) is 17.0 Å². The summed E-state index contributed by atoms with van der Waals surface area (Å²) in [5.41, 5.74) is -1.18. The Labute approximate surface area is 187 Å². The smallest absolute Gasteiger partial charge is 0.371 e. The van der Waals surface area contributed by atoms with Gasteiger partial charge in [0.05, 0.1) is 4.92 Å². The highest BCUT2D eigenvalue weighted by Gasteiger charge is 2.44. The van der Waals surface area contributed by atoms with Crippen molar-refractivity contribution in [1.82, 2.24) is 15.1 Å². The second kappa shape index (κ2) is 8.83. The van der Waals surface area contributed by atoms with Crippen LogP contribution in [0.5, 0.6) is 0 Å². The highest BCUT2D eigenvalue weighted by atomic mass is 19.4. The first-order valence-corrected chi connectivity index (χ1v) is 10.7. The van der Waals surface area contributed by atoms with Crippen LogP contribution in [-0.2, 0) is 11.0 Å². The first-order valence-electron chi connectivity index (χ1n) is 10.7. The minimum absolute atomic E-state index is 0.0187. The molecule has 33 heavy (non-hydrogen) atoms. The lowest BCUT2D eigenvalue weighted by atomic mass is 9.94. The number of anilines is 2. The Morgan fingerprint density at radius 1 is 1.00 bits per heavy atom. The molecule has 2 aliphatic rings. The van der Waals surface area contributed by atoms with Crippen molar-refractivity contribution in [3.63, 3.8) is 0 Å². The van der Waals surface area contributed by atoms with Crippen LogP contribution in [0.1, 0.15) is 31.4 Å². The number of piperazine rings is 1. The van der Waals surface area contributed by atoms with E-state index < -0.39 is 22.3 Å². The quantitative estimate of drug-likeness (QED) is 0.534. The normalized spacial score (nSPS) is 18.3. The van der Waals surface area contributed by atoms with Crippen LogP contribution < -0.4 is 10.2 Å². The molecule has 4 rings (SSSR count). The van der Waals surface area contributed by atoms with E-state index in [1.165, 1.54) is 18.2 Å². The van der Waals surface area contributed by atoms with Gasteiger partial charge in [0.2, 0.25) is 5.91 Å². The first-order chi connectivity index (χ1) is 15.7. The van der Waals surface area contributed by atoms with E-state index in [0.717, 1.165) is 18.9 Å². The zero-order valence-corrected chi connectivity index (χ0v) is 17.7. The second-order valence-corrected chi connectivity index (χ2v) is 8.27. The van der Waals surface area contributed by atoms with Gasteiger partial charge in [-0.15, -0.1) is 10.2 Å². The topological polar surface area (TPSA) is 104 Å². The molecule has 0 atom stereocenters. The monoisotopic (exact) mass is 464 g/mol. The number of halogens is 3. The molecular weight excluding hydrogens is 441 g/mol. The molecule has 0 unspecified atom stereocenters. The summed E-state index contributed by atoms with van der Waals surface area (Å²) in [4.78, 5) is 27.5. The Balaban J connectivity index is 1.41. The number of benzene rings is 1. The highest BCUT2D eigenvalue weighted by molar-refractivity contribution is 5.90. The van der Waals surface area contributed by atoms with Gasteiger partial charge < -0.3 is 15.1 Å². The van der Waals surface area contributed by atoms with E-state index in [-0.39, 0.29) is 11.6 Å². The summed E-state index contributed by atoms with van der Waals surface area (Å²) in [6.07, 6.45) is -1.43. The average molecular weight is 464 g/mol. The van der Waals surface area contributed by atoms with Crippen molar-refractivity contribution < 1.29 is 22.9 Å². The van der Waals surface area contributed by atoms with E-state index in [1.807, 2.05) is 4.90 Å². The third-order valence-corrected chi connectivity index (χ3v) is 6.16. The van der Waals surface area contributed by atoms with Crippen molar-refractivity contribution in [3.8, 4) is 0 Å². The minimum atomic E-state index is -4.54. The molecule has 1 aliphatic carbocycles. The number of hydrogen-bond donors (Lipinski definition) is 1. The third kappa shape index (κ3) is 4.83. The number of carbonyl (C=O) groups is 1. The fraction of sp³-hybridized carbons (Fsp3) is 0.476. The zero-order chi connectivity index (χ0) is 23.6. The minimum Gasteiger partial charge on any atom is -0.371 e. The Morgan fingerprint density at radius 2 is 1.64 bits per heavy atom. The summed E-state index contributed by atoms with van der Waals surface area (Å²) in [7, 11) is 0. The molecule has 1 aliphatic heterocycles. The van der Waals surface area contributed by atoms with Gasteiger partial charge in [-0.25, -0.2) is 0 Å². The maximum absolute atomic E-state index is 13.5. The van der Waals surface area contributed by atoms with Crippen LogP contribution in [0.4, 0.5) is 30.4 Å². The van der Waals surface area contributed by atoms with Crippen LogP contribution in [0, 0.1) is 10.1 Å². The number of nitro groups is 1. The molecule has 1 saturated carbocycles. The highest BCUT2D eigenvalue weighted by Crippen LogP contribution is 2.36. The molecule has 1 aromatic heterocycles. The lowest BCUT2D eigenvalue weighted by molar-refractivity contribution is -0.384. The van der Waals surface area contributed by atoms with Gasteiger partial charge in [-0.1, -0.05) is 12.8 Å². The summed E-state index contributed by atoms with van der Waals surface area (Å²) < 4.78 is 38.1. The molecule has 1 saturated heterocycles. The predicted octanol–water partition coefficient (Wildman–Crippen LogP) is 3.48. The third-order valence-electron chi connectivity index (χ3n) is 6.16. The number of amides is 1. The largest absolute Gasteiger partial charge is 0.435 e. The van der Waals surface area contributed by atoms with Gasteiger partial charge in [0, 0.05) is 44.0 Å². The Hall–Kier alpha value is -3.44. The van der Waals surface area contributed by atoms with Crippen LogP contribution in [0.2, 0.25) is 0 Å². The molecule has 1 N–H and O–H groups in total. The maximum atomic E-state index is 13.5. The van der Waals surface area contributed by atoms with Crippen LogP contribution in [0.15, 0.2) is 36.4 Å². The number of non-ortho nitro benzene ring substituents is 1. The number of rotatable bonds is 5. The predicted molar refractivity (Wildman–Crippen MR) is 114 cm³/mol. The van der Waals surface area contributed by atoms with Gasteiger partial charge >= 0.3 is 6.18 Å². The number of alkyl halides is 3. The van der Waals surface area contributed by atoms with Gasteiger partial charge in [0.15, 0.2) is 11.5 Å². The van der Waals surface area contributed by atoms with Crippen molar-refractivity contribution in [1.29, 1.82) is 0 Å². The van der Waals surface area contributed by atoms with E-state index >= 15 is 0 Å². The fourth-order valence-electron chi connectivity index (χ4n) is 4.40. The maximum Gasteiger partial charge on any atom is 0.435 e. The van der Waals surface area contributed by atoms with Crippen molar-refractivity contribution in [2.75, 3.05) is 36.4 Å². The molecule has 2 heterocycles. The van der Waals surface area contributed by atoms with Crippen molar-refractivity contribution >= 4 is 23.1 Å². The molecule has 2 fully saturated rings. The molecule has 1 amide bonds. The lowest BCUT2D eigenvalue weighted by Gasteiger charge is -2.40. The molecule has 12 heteroatoms. The number of nitro benzene ring substituents is 1. The van der Waals surface area contributed by atoms with Crippen molar-refractivity contribution in [2.45, 2.75) is 37.4 Å². The van der Waals surface area contributed by atoms with Crippen molar-refractivity contribution in [3.05, 3.63) is 52.2 Å². The molecule has 1 aromatic carbocycles. The Kier molecular flexibility index (Phi) is 6.09. The fourth-order valence-corrected chi connectivity index (χ4v) is 4.40. The van der Waals surface area contributed by atoms with Gasteiger partial charge in [-0.05, 0) is 37.1 Å². The molecule has 176 valence electrons. The molecule has 9 nitrogen and oxygen atoms in total. The Bertz CT molecular complexity index is 999. The number of nitrogens with zero attached hydrogens (tertiary/aromatic N) is 5. The van der Waals surface area contributed by atoms with Crippen LogP contribution in [0.3, 0.4) is 0 Å². The summed E-state index contributed by atoms with van der Waals surface area (Å²) in [5, 5.41) is 21.2. The molecular formula is C21H23F3N6O3. The van der Waals surface area contributed by atoms with Crippen LogP contribution in [-0.4, -0.2) is 57.6 Å². The van der Waals surface area contributed by atoms with Gasteiger partial charge in [-0.2, -0.15) is 13.2 Å². The molecule has 0 radical (unpaired) electrons. The SMILES string of the molecule is O=C(N1CCN(c2ccc(C(F)(F)F)nn2)CC1)C1(Nc2ccc([N+](=O)[O-])cc2)CCCC1. The van der Waals surface area contributed by atoms with Crippen LogP contribution >= 0.6 is 0 Å². The molecule has 0 bridgehead atoms. The van der Waals surface area contributed by atoms with Gasteiger partial charge in [0.1, 0.15) is 5.54 Å².